The van der Waals surface area contributed by atoms with Gasteiger partial charge in [0.15, 0.2) is 0 Å². The molecule has 2 aromatic rings. The van der Waals surface area contributed by atoms with Crippen molar-refractivity contribution in [1.82, 2.24) is 0 Å². The van der Waals surface area contributed by atoms with Crippen molar-refractivity contribution in [3.63, 3.8) is 0 Å². The molecule has 0 spiro atoms. The van der Waals surface area contributed by atoms with Crippen LogP contribution in [0, 0.1) is 0 Å². The summed E-state index contributed by atoms with van der Waals surface area (Å²) >= 11 is 0. The second kappa shape index (κ2) is 22.5. The van der Waals surface area contributed by atoms with E-state index < -0.39 is 0 Å². The van der Waals surface area contributed by atoms with Gasteiger partial charge in [-0.15, -0.1) is 11.5 Å². The van der Waals surface area contributed by atoms with Crippen LogP contribution in [-0.2, 0) is 32.3 Å². The Kier molecular flexibility index (Phi) is 21.5. The summed E-state index contributed by atoms with van der Waals surface area (Å²) in [7, 11) is 0. The average molecular weight is 504 g/mol. The van der Waals surface area contributed by atoms with E-state index in [1.165, 1.54) is 101 Å². The number of hydrogen-bond acceptors (Lipinski definition) is 2. The summed E-state index contributed by atoms with van der Waals surface area (Å²) in [6.45, 7) is 4.50. The van der Waals surface area contributed by atoms with Crippen LogP contribution < -0.4 is 10.2 Å². The van der Waals surface area contributed by atoms with Gasteiger partial charge in [0.2, 0.25) is 0 Å². The SMILES string of the molecule is CCCCCCCCCc1ccc([O-])cc1.CCCCCCCCCc1ccc([O-])cc1.[Zn+2]. The molecular formula is C30H46O2Zn. The molecule has 0 aliphatic carbocycles. The fourth-order valence-electron chi connectivity index (χ4n) is 3.88. The normalized spacial score (nSPS) is 10.2. The van der Waals surface area contributed by atoms with Crippen molar-refractivity contribution in [2.45, 2.75) is 117 Å². The van der Waals surface area contributed by atoms with Gasteiger partial charge in [-0.05, 0) is 36.8 Å². The quantitative estimate of drug-likeness (QED) is 0.171. The second-order valence-electron chi connectivity index (χ2n) is 9.03. The fourth-order valence-corrected chi connectivity index (χ4v) is 3.88. The van der Waals surface area contributed by atoms with Gasteiger partial charge in [-0.25, -0.2) is 0 Å². The van der Waals surface area contributed by atoms with Crippen LogP contribution in [0.3, 0.4) is 0 Å². The molecule has 0 unspecified atom stereocenters. The molecule has 180 valence electrons. The molecule has 0 saturated heterocycles. The van der Waals surface area contributed by atoms with E-state index >= 15 is 0 Å². The van der Waals surface area contributed by atoms with Crippen molar-refractivity contribution in [2.24, 2.45) is 0 Å². The van der Waals surface area contributed by atoms with E-state index in [-0.39, 0.29) is 31.0 Å². The molecule has 33 heavy (non-hydrogen) atoms. The summed E-state index contributed by atoms with van der Waals surface area (Å²) in [5.41, 5.74) is 2.60. The van der Waals surface area contributed by atoms with Gasteiger partial charge >= 0.3 is 19.5 Å². The molecule has 0 aliphatic heterocycles. The van der Waals surface area contributed by atoms with E-state index in [2.05, 4.69) is 13.8 Å². The maximum Gasteiger partial charge on any atom is 2.00 e. The molecule has 0 amide bonds. The van der Waals surface area contributed by atoms with Crippen LogP contribution in [0.2, 0.25) is 0 Å². The number of unbranched alkanes of at least 4 members (excludes halogenated alkanes) is 12. The summed E-state index contributed by atoms with van der Waals surface area (Å²) in [5, 5.41) is 21.8. The Morgan fingerprint density at radius 3 is 1.00 bits per heavy atom. The zero-order chi connectivity index (χ0) is 23.3. The van der Waals surface area contributed by atoms with Gasteiger partial charge in [0.05, 0.1) is 0 Å². The van der Waals surface area contributed by atoms with E-state index in [4.69, 9.17) is 0 Å². The van der Waals surface area contributed by atoms with Gasteiger partial charge in [0, 0.05) is 0 Å². The first-order valence-electron chi connectivity index (χ1n) is 13.2. The van der Waals surface area contributed by atoms with E-state index in [0.717, 1.165) is 12.8 Å². The number of aryl methyl sites for hydroxylation is 2. The van der Waals surface area contributed by atoms with Gasteiger partial charge in [0.1, 0.15) is 0 Å². The first-order valence-corrected chi connectivity index (χ1v) is 13.2. The summed E-state index contributed by atoms with van der Waals surface area (Å²) in [6.07, 6.45) is 21.1. The van der Waals surface area contributed by atoms with E-state index in [9.17, 15) is 10.2 Å². The average Bonchev–Trinajstić information content (AvgIpc) is 2.81. The minimum atomic E-state index is 0. The van der Waals surface area contributed by atoms with Crippen LogP contribution in [0.1, 0.15) is 115 Å². The monoisotopic (exact) mass is 502 g/mol. The Balaban J connectivity index is 0.000000602. The molecule has 2 nitrogen and oxygen atoms in total. The van der Waals surface area contributed by atoms with Gasteiger partial charge in [-0.2, -0.15) is 0 Å². The van der Waals surface area contributed by atoms with Crippen LogP contribution in [0.5, 0.6) is 11.5 Å². The molecule has 2 rings (SSSR count). The maximum atomic E-state index is 10.9. The third-order valence-corrected chi connectivity index (χ3v) is 5.98. The molecule has 2 aromatic carbocycles. The number of hydrogen-bond donors (Lipinski definition) is 0. The van der Waals surface area contributed by atoms with Crippen LogP contribution in [-0.4, -0.2) is 0 Å². The van der Waals surface area contributed by atoms with Crippen molar-refractivity contribution in [3.8, 4) is 11.5 Å². The maximum absolute atomic E-state index is 10.9. The molecule has 0 atom stereocenters. The van der Waals surface area contributed by atoms with Crippen LogP contribution in [0.4, 0.5) is 0 Å². The topological polar surface area (TPSA) is 46.1 Å². The summed E-state index contributed by atoms with van der Waals surface area (Å²) in [4.78, 5) is 0. The zero-order valence-electron chi connectivity index (χ0n) is 21.5. The first kappa shape index (κ1) is 31.7. The van der Waals surface area contributed by atoms with Crippen molar-refractivity contribution in [1.29, 1.82) is 0 Å². The largest absolute Gasteiger partial charge is 2.00 e. The molecule has 3 heteroatoms. The molecule has 0 aliphatic rings. The van der Waals surface area contributed by atoms with Crippen molar-refractivity contribution < 1.29 is 29.7 Å². The number of rotatable bonds is 16. The molecular weight excluding hydrogens is 458 g/mol. The van der Waals surface area contributed by atoms with Crippen molar-refractivity contribution >= 4 is 0 Å². The molecule has 0 saturated carbocycles. The third kappa shape index (κ3) is 18.7. The van der Waals surface area contributed by atoms with Gasteiger partial charge in [-0.3, -0.25) is 0 Å². The van der Waals surface area contributed by atoms with Crippen molar-refractivity contribution in [3.05, 3.63) is 59.7 Å². The van der Waals surface area contributed by atoms with Gasteiger partial charge in [0.25, 0.3) is 0 Å². The van der Waals surface area contributed by atoms with E-state index in [0.29, 0.717) is 0 Å². The molecule has 0 aromatic heterocycles. The molecule has 0 fully saturated rings. The Labute approximate surface area is 217 Å². The third-order valence-electron chi connectivity index (χ3n) is 5.98. The fraction of sp³-hybridized carbons (Fsp3) is 0.600. The van der Waals surface area contributed by atoms with Crippen molar-refractivity contribution in [2.75, 3.05) is 0 Å². The Morgan fingerprint density at radius 1 is 0.424 bits per heavy atom. The number of benzene rings is 2. The predicted molar refractivity (Wildman–Crippen MR) is 135 cm³/mol. The summed E-state index contributed by atoms with van der Waals surface area (Å²) < 4.78 is 0. The van der Waals surface area contributed by atoms with Crippen LogP contribution >= 0.6 is 0 Å². The molecule has 0 heterocycles. The minimum Gasteiger partial charge on any atom is -0.872 e. The first-order chi connectivity index (χ1) is 15.7. The second-order valence-corrected chi connectivity index (χ2v) is 9.03. The predicted octanol–water partition coefficient (Wildman–Crippen LogP) is 8.10. The Hall–Kier alpha value is -1.34. The van der Waals surface area contributed by atoms with Crippen LogP contribution in [0.25, 0.3) is 0 Å². The van der Waals surface area contributed by atoms with Gasteiger partial charge < -0.3 is 10.2 Å². The smallest absolute Gasteiger partial charge is 0.872 e. The Morgan fingerprint density at radius 2 is 0.697 bits per heavy atom. The zero-order valence-corrected chi connectivity index (χ0v) is 24.4. The summed E-state index contributed by atoms with van der Waals surface area (Å²) in [5.74, 6) is 0.228. The summed E-state index contributed by atoms with van der Waals surface area (Å²) in [6, 6.07) is 14.5. The molecule has 0 N–H and O–H groups in total. The van der Waals surface area contributed by atoms with Gasteiger partial charge in [-0.1, -0.05) is 139 Å². The Bertz CT molecular complexity index is 593. The molecule has 0 radical (unpaired) electrons. The standard InChI is InChI=1S/2C15H24O.Zn/c2*1-2-3-4-5-6-7-8-9-14-10-12-15(16)13-11-14;/h2*10-13,16H,2-9H2,1H3;/q;;+2/p-2. The van der Waals surface area contributed by atoms with E-state index in [1.54, 1.807) is 24.3 Å². The minimum absolute atomic E-state index is 0. The van der Waals surface area contributed by atoms with Crippen LogP contribution in [0.15, 0.2) is 48.5 Å². The molecule has 0 bridgehead atoms. The van der Waals surface area contributed by atoms with E-state index in [1.807, 2.05) is 24.3 Å².